The largest absolute Gasteiger partial charge is 0.356 e. The summed E-state index contributed by atoms with van der Waals surface area (Å²) in [6.07, 6.45) is 3.37. The minimum Gasteiger partial charge on any atom is -0.356 e. The highest BCUT2D eigenvalue weighted by Crippen LogP contribution is 2.28. The number of rotatable bonds is 3. The van der Waals surface area contributed by atoms with E-state index in [4.69, 9.17) is 0 Å². The molecule has 0 bridgehead atoms. The van der Waals surface area contributed by atoms with Crippen molar-refractivity contribution >= 4 is 15.6 Å². The smallest absolute Gasteiger partial charge is 0.204 e. The Bertz CT molecular complexity index is 697. The zero-order chi connectivity index (χ0) is 14.9. The van der Waals surface area contributed by atoms with Gasteiger partial charge in [0.1, 0.15) is 0 Å². The van der Waals surface area contributed by atoms with Crippen LogP contribution in [-0.4, -0.2) is 26.1 Å². The number of ketones is 1. The first kappa shape index (κ1) is 14.5. The van der Waals surface area contributed by atoms with Crippen molar-refractivity contribution in [2.45, 2.75) is 25.2 Å². The first-order valence-electron chi connectivity index (χ1n) is 6.27. The normalized spacial score (nSPS) is 15.7. The molecule has 20 heavy (non-hydrogen) atoms. The van der Waals surface area contributed by atoms with E-state index >= 15 is 0 Å². The zero-order valence-corrected chi connectivity index (χ0v) is 12.6. The van der Waals surface area contributed by atoms with Crippen LogP contribution >= 0.6 is 0 Å². The molecule has 0 atom stereocenters. The van der Waals surface area contributed by atoms with E-state index < -0.39 is 9.84 Å². The molecule has 0 spiro atoms. The third kappa shape index (κ3) is 2.82. The molecule has 106 valence electrons. The van der Waals surface area contributed by atoms with Gasteiger partial charge >= 0.3 is 0 Å². The highest BCUT2D eigenvalue weighted by molar-refractivity contribution is 7.95. The first-order valence-corrected chi connectivity index (χ1v) is 7.75. The van der Waals surface area contributed by atoms with Crippen LogP contribution in [0, 0.1) is 6.92 Å². The van der Waals surface area contributed by atoms with Gasteiger partial charge in [-0.15, -0.1) is 0 Å². The molecule has 0 unspecified atom stereocenters. The van der Waals surface area contributed by atoms with Gasteiger partial charge < -0.3 is 4.90 Å². The van der Waals surface area contributed by atoms with Crippen LogP contribution in [0.1, 0.15) is 18.9 Å². The molecule has 0 fully saturated rings. The molecule has 0 amide bonds. The van der Waals surface area contributed by atoms with Gasteiger partial charge in [0, 0.05) is 31.4 Å². The third-order valence-electron chi connectivity index (χ3n) is 3.20. The molecule has 1 heterocycles. The fraction of sp³-hybridized carbons (Fsp3) is 0.267. The summed E-state index contributed by atoms with van der Waals surface area (Å²) in [7, 11) is -1.84. The van der Waals surface area contributed by atoms with Crippen LogP contribution in [0.3, 0.4) is 0 Å². The number of carbonyl (C=O) groups excluding carboxylic acids is 1. The predicted octanol–water partition coefficient (Wildman–Crippen LogP) is 2.42. The van der Waals surface area contributed by atoms with Gasteiger partial charge in [-0.3, -0.25) is 4.79 Å². The fourth-order valence-electron chi connectivity index (χ4n) is 2.04. The maximum Gasteiger partial charge on any atom is 0.204 e. The average molecular weight is 291 g/mol. The fourth-order valence-corrected chi connectivity index (χ4v) is 3.49. The molecule has 4 nitrogen and oxygen atoms in total. The predicted molar refractivity (Wildman–Crippen MR) is 77.6 cm³/mol. The van der Waals surface area contributed by atoms with Crippen molar-refractivity contribution in [1.29, 1.82) is 0 Å². The molecule has 1 aliphatic rings. The molecule has 0 N–H and O–H groups in total. The van der Waals surface area contributed by atoms with Crippen LogP contribution in [0.5, 0.6) is 0 Å². The summed E-state index contributed by atoms with van der Waals surface area (Å²) in [4.78, 5) is 13.6. The van der Waals surface area contributed by atoms with Crippen molar-refractivity contribution in [2.75, 3.05) is 7.05 Å². The molecule has 2 rings (SSSR count). The second-order valence-electron chi connectivity index (χ2n) is 4.96. The first-order chi connectivity index (χ1) is 9.30. The van der Waals surface area contributed by atoms with Gasteiger partial charge in [-0.25, -0.2) is 8.42 Å². The molecule has 0 aromatic heterocycles. The Balaban J connectivity index is 2.40. The van der Waals surface area contributed by atoms with E-state index in [0.717, 1.165) is 5.56 Å². The molecule has 1 aliphatic heterocycles. The summed E-state index contributed by atoms with van der Waals surface area (Å²) in [5.74, 6) is -0.110. The number of carbonyl (C=O) groups is 1. The van der Waals surface area contributed by atoms with E-state index in [-0.39, 0.29) is 22.0 Å². The lowest BCUT2D eigenvalue weighted by Crippen LogP contribution is -2.18. The Labute approximate surface area is 119 Å². The Morgan fingerprint density at radius 3 is 2.30 bits per heavy atom. The lowest BCUT2D eigenvalue weighted by molar-refractivity contribution is -0.113. The van der Waals surface area contributed by atoms with Crippen molar-refractivity contribution in [3.63, 3.8) is 0 Å². The summed E-state index contributed by atoms with van der Waals surface area (Å²) in [5.41, 5.74) is 1.50. The summed E-state index contributed by atoms with van der Waals surface area (Å²) in [5, 5.41) is 0. The quantitative estimate of drug-likeness (QED) is 0.858. The van der Waals surface area contributed by atoms with Crippen LogP contribution in [-0.2, 0) is 14.6 Å². The maximum absolute atomic E-state index is 12.6. The zero-order valence-electron chi connectivity index (χ0n) is 11.8. The number of nitrogens with zero attached hydrogens (tertiary/aromatic N) is 1. The second-order valence-corrected chi connectivity index (χ2v) is 6.97. The summed E-state index contributed by atoms with van der Waals surface area (Å²) in [6, 6.07) is 6.72. The Kier molecular flexibility index (Phi) is 3.81. The van der Waals surface area contributed by atoms with Crippen molar-refractivity contribution in [3.05, 3.63) is 52.7 Å². The van der Waals surface area contributed by atoms with Crippen LogP contribution in [0.25, 0.3) is 0 Å². The van der Waals surface area contributed by atoms with E-state index in [2.05, 4.69) is 0 Å². The summed E-state index contributed by atoms with van der Waals surface area (Å²) < 4.78 is 25.2. The number of benzene rings is 1. The number of sulfone groups is 1. The van der Waals surface area contributed by atoms with Gasteiger partial charge in [-0.1, -0.05) is 17.7 Å². The van der Waals surface area contributed by atoms with Gasteiger partial charge in [0.05, 0.1) is 9.80 Å². The van der Waals surface area contributed by atoms with E-state index in [1.54, 1.807) is 48.6 Å². The molecular weight excluding hydrogens is 274 g/mol. The molecule has 0 aliphatic carbocycles. The van der Waals surface area contributed by atoms with E-state index in [0.29, 0.717) is 5.57 Å². The van der Waals surface area contributed by atoms with Gasteiger partial charge in [0.15, 0.2) is 5.78 Å². The van der Waals surface area contributed by atoms with Crippen molar-refractivity contribution in [3.8, 4) is 0 Å². The van der Waals surface area contributed by atoms with Gasteiger partial charge in [-0.05, 0) is 26.0 Å². The van der Waals surface area contributed by atoms with Crippen molar-refractivity contribution < 1.29 is 13.2 Å². The van der Waals surface area contributed by atoms with Crippen LogP contribution in [0.4, 0.5) is 0 Å². The van der Waals surface area contributed by atoms with Crippen LogP contribution < -0.4 is 0 Å². The highest BCUT2D eigenvalue weighted by atomic mass is 32.2. The second kappa shape index (κ2) is 5.25. The van der Waals surface area contributed by atoms with Gasteiger partial charge in [0.25, 0.3) is 0 Å². The molecule has 0 saturated heterocycles. The molecular formula is C15H17NO3S. The Hall–Kier alpha value is -1.88. The van der Waals surface area contributed by atoms with Crippen molar-refractivity contribution in [2.24, 2.45) is 0 Å². The lowest BCUT2D eigenvalue weighted by atomic mass is 10.1. The topological polar surface area (TPSA) is 54.5 Å². The Morgan fingerprint density at radius 2 is 1.75 bits per heavy atom. The maximum atomic E-state index is 12.6. The van der Waals surface area contributed by atoms with E-state index in [1.807, 2.05) is 6.92 Å². The summed E-state index contributed by atoms with van der Waals surface area (Å²) >= 11 is 0. The molecule has 1 aromatic carbocycles. The van der Waals surface area contributed by atoms with Crippen molar-refractivity contribution in [1.82, 2.24) is 4.90 Å². The SMILES string of the molecule is CC(=O)C1=CN(C)C=C(S(=O)(=O)c2ccc(C)cc2)C1. The minimum atomic E-state index is -3.55. The van der Waals surface area contributed by atoms with E-state index in [9.17, 15) is 13.2 Å². The van der Waals surface area contributed by atoms with Crippen LogP contribution in [0.15, 0.2) is 52.0 Å². The molecule has 0 radical (unpaired) electrons. The minimum absolute atomic E-state index is 0.110. The highest BCUT2D eigenvalue weighted by Gasteiger charge is 2.25. The number of Topliss-reactive ketones (excluding diaryl/α,β-unsaturated/α-hetero) is 1. The number of hydrogen-bond donors (Lipinski definition) is 0. The van der Waals surface area contributed by atoms with Crippen LogP contribution in [0.2, 0.25) is 0 Å². The van der Waals surface area contributed by atoms with Gasteiger partial charge in [0.2, 0.25) is 9.84 Å². The Morgan fingerprint density at radius 1 is 1.15 bits per heavy atom. The standard InChI is InChI=1S/C15H17NO3S/c1-11-4-6-14(7-5-11)20(18,19)15-8-13(12(2)17)9-16(3)10-15/h4-7,9-10H,8H2,1-3H3. The molecule has 5 heteroatoms. The molecule has 0 saturated carbocycles. The third-order valence-corrected chi connectivity index (χ3v) is 5.03. The number of allylic oxidation sites excluding steroid dienone is 2. The lowest BCUT2D eigenvalue weighted by Gasteiger charge is -2.20. The number of hydrogen-bond acceptors (Lipinski definition) is 4. The van der Waals surface area contributed by atoms with E-state index in [1.165, 1.54) is 6.92 Å². The summed E-state index contributed by atoms with van der Waals surface area (Å²) in [6.45, 7) is 3.35. The molecule has 1 aromatic rings. The number of aryl methyl sites for hydroxylation is 1. The average Bonchev–Trinajstić information content (AvgIpc) is 2.38. The van der Waals surface area contributed by atoms with Gasteiger partial charge in [-0.2, -0.15) is 0 Å². The monoisotopic (exact) mass is 291 g/mol.